The average molecular weight is 322 g/mol. The van der Waals surface area contributed by atoms with E-state index in [4.69, 9.17) is 5.73 Å². The Morgan fingerprint density at radius 3 is 2.67 bits per heavy atom. The van der Waals surface area contributed by atoms with Gasteiger partial charge in [0.05, 0.1) is 11.3 Å². The van der Waals surface area contributed by atoms with Crippen LogP contribution in [0.3, 0.4) is 0 Å². The number of thioether (sulfide) groups is 1. The first-order valence-electron chi connectivity index (χ1n) is 6.71. The summed E-state index contributed by atoms with van der Waals surface area (Å²) in [4.78, 5) is 12.4. The molecule has 1 amide bonds. The van der Waals surface area contributed by atoms with Crippen LogP contribution in [0.15, 0.2) is 34.7 Å². The van der Waals surface area contributed by atoms with Crippen molar-refractivity contribution < 1.29 is 4.79 Å². The van der Waals surface area contributed by atoms with Crippen LogP contribution in [-0.4, -0.2) is 21.4 Å². The molecule has 0 aliphatic heterocycles. The monoisotopic (exact) mass is 322 g/mol. The number of nitrogen functional groups attached to an aromatic ring is 1. The molecule has 2 rings (SSSR count). The maximum absolute atomic E-state index is 12.4. The van der Waals surface area contributed by atoms with Gasteiger partial charge >= 0.3 is 0 Å². The lowest BCUT2D eigenvalue weighted by molar-refractivity contribution is -0.121. The van der Waals surface area contributed by atoms with Crippen LogP contribution in [-0.2, 0) is 4.79 Å². The van der Waals surface area contributed by atoms with E-state index in [2.05, 4.69) is 15.5 Å². The fraction of sp³-hybridized carbons (Fsp3) is 0.357. The number of anilines is 1. The van der Waals surface area contributed by atoms with Gasteiger partial charge in [0, 0.05) is 0 Å². The zero-order chi connectivity index (χ0) is 15.2. The molecule has 0 aliphatic carbocycles. The van der Waals surface area contributed by atoms with Gasteiger partial charge < -0.3 is 11.1 Å². The molecule has 5 nitrogen and oxygen atoms in total. The maximum atomic E-state index is 12.4. The summed E-state index contributed by atoms with van der Waals surface area (Å²) in [5.41, 5.74) is 6.65. The Kier molecular flexibility index (Phi) is 5.58. The highest BCUT2D eigenvalue weighted by atomic mass is 32.2. The molecule has 0 radical (unpaired) electrons. The van der Waals surface area contributed by atoms with Crippen molar-refractivity contribution in [3.05, 3.63) is 35.9 Å². The van der Waals surface area contributed by atoms with Crippen LogP contribution in [0.25, 0.3) is 0 Å². The third-order valence-corrected chi connectivity index (χ3v) is 5.19. The zero-order valence-corrected chi connectivity index (χ0v) is 13.6. The largest absolute Gasteiger partial charge is 0.374 e. The molecular weight excluding hydrogens is 304 g/mol. The first-order chi connectivity index (χ1) is 10.1. The fourth-order valence-electron chi connectivity index (χ4n) is 1.84. The van der Waals surface area contributed by atoms with Crippen LogP contribution in [0.1, 0.15) is 31.9 Å². The molecule has 2 aromatic rings. The fourth-order valence-corrected chi connectivity index (χ4v) is 3.66. The van der Waals surface area contributed by atoms with Crippen molar-refractivity contribution in [2.24, 2.45) is 0 Å². The number of nitrogens with one attached hydrogen (secondary N) is 1. The zero-order valence-electron chi connectivity index (χ0n) is 11.9. The summed E-state index contributed by atoms with van der Waals surface area (Å²) in [7, 11) is 0. The van der Waals surface area contributed by atoms with E-state index in [0.717, 1.165) is 16.3 Å². The Morgan fingerprint density at radius 2 is 2.10 bits per heavy atom. The Hall–Kier alpha value is -1.60. The smallest absolute Gasteiger partial charge is 0.234 e. The molecule has 0 saturated carbocycles. The number of aromatic nitrogens is 2. The Balaban J connectivity index is 1.97. The number of nitrogens with two attached hydrogens (primary N) is 1. The normalized spacial score (nSPS) is 13.6. The summed E-state index contributed by atoms with van der Waals surface area (Å²) in [5, 5.41) is 11.0. The molecule has 0 aliphatic rings. The van der Waals surface area contributed by atoms with Gasteiger partial charge in [-0.25, -0.2) is 0 Å². The molecule has 7 heteroatoms. The van der Waals surface area contributed by atoms with Crippen molar-refractivity contribution >= 4 is 34.1 Å². The number of hydrogen-bond donors (Lipinski definition) is 2. The van der Waals surface area contributed by atoms with Gasteiger partial charge in [0.1, 0.15) is 0 Å². The highest BCUT2D eigenvalue weighted by molar-refractivity contribution is 8.02. The number of carbonyl (C=O) groups is 1. The summed E-state index contributed by atoms with van der Waals surface area (Å²) in [6.07, 6.45) is 0.720. The lowest BCUT2D eigenvalue weighted by Crippen LogP contribution is -2.34. The van der Waals surface area contributed by atoms with Crippen molar-refractivity contribution in [3.8, 4) is 0 Å². The Morgan fingerprint density at radius 1 is 1.38 bits per heavy atom. The van der Waals surface area contributed by atoms with Crippen molar-refractivity contribution in [1.29, 1.82) is 0 Å². The number of amides is 1. The third kappa shape index (κ3) is 4.44. The topological polar surface area (TPSA) is 80.9 Å². The SMILES string of the molecule is CC[C@@H](Sc1nnc(N)s1)C(=O)N[C@H](C)c1ccccc1. The van der Waals surface area contributed by atoms with Gasteiger partial charge in [0.2, 0.25) is 11.0 Å². The highest BCUT2D eigenvalue weighted by Gasteiger charge is 2.21. The summed E-state index contributed by atoms with van der Waals surface area (Å²) in [6.45, 7) is 3.96. The number of rotatable bonds is 6. The van der Waals surface area contributed by atoms with Crippen LogP contribution in [0.4, 0.5) is 5.13 Å². The summed E-state index contributed by atoms with van der Waals surface area (Å²) >= 11 is 2.71. The van der Waals surface area contributed by atoms with E-state index < -0.39 is 0 Å². The summed E-state index contributed by atoms with van der Waals surface area (Å²) in [5.74, 6) is 0.00706. The maximum Gasteiger partial charge on any atom is 0.234 e. The van der Waals surface area contributed by atoms with Crippen molar-refractivity contribution in [2.75, 3.05) is 5.73 Å². The molecule has 0 fully saturated rings. The molecule has 21 heavy (non-hydrogen) atoms. The van der Waals surface area contributed by atoms with Gasteiger partial charge in [0.25, 0.3) is 0 Å². The second-order valence-corrected chi connectivity index (χ2v) is 7.02. The molecule has 0 saturated heterocycles. The summed E-state index contributed by atoms with van der Waals surface area (Å²) < 4.78 is 0.724. The minimum absolute atomic E-state index is 0.00706. The van der Waals surface area contributed by atoms with E-state index in [0.29, 0.717) is 5.13 Å². The van der Waals surface area contributed by atoms with E-state index in [-0.39, 0.29) is 17.2 Å². The molecule has 1 aromatic heterocycles. The van der Waals surface area contributed by atoms with Gasteiger partial charge in [0.15, 0.2) is 4.34 Å². The van der Waals surface area contributed by atoms with Crippen molar-refractivity contribution in [3.63, 3.8) is 0 Å². The van der Waals surface area contributed by atoms with E-state index in [1.807, 2.05) is 44.2 Å². The molecule has 0 spiro atoms. The lowest BCUT2D eigenvalue weighted by Gasteiger charge is -2.18. The Bertz CT molecular complexity index is 588. The average Bonchev–Trinajstić information content (AvgIpc) is 2.90. The second kappa shape index (κ2) is 7.42. The highest BCUT2D eigenvalue weighted by Crippen LogP contribution is 2.29. The van der Waals surface area contributed by atoms with Crippen LogP contribution in [0.2, 0.25) is 0 Å². The van der Waals surface area contributed by atoms with Gasteiger partial charge in [-0.3, -0.25) is 4.79 Å². The second-order valence-electron chi connectivity index (χ2n) is 4.56. The van der Waals surface area contributed by atoms with E-state index in [1.165, 1.54) is 23.1 Å². The molecule has 112 valence electrons. The Labute approximate surface area is 132 Å². The molecule has 3 N–H and O–H groups in total. The molecule has 1 aromatic carbocycles. The standard InChI is InChI=1S/C14H18N4OS2/c1-3-11(20-14-18-17-13(15)21-14)12(19)16-9(2)10-7-5-4-6-8-10/h4-9,11H,3H2,1-2H3,(H2,15,17)(H,16,19)/t9-,11-/m1/s1. The molecule has 0 unspecified atom stereocenters. The van der Waals surface area contributed by atoms with Crippen LogP contribution in [0.5, 0.6) is 0 Å². The van der Waals surface area contributed by atoms with Gasteiger partial charge in [-0.2, -0.15) is 0 Å². The van der Waals surface area contributed by atoms with Crippen molar-refractivity contribution in [1.82, 2.24) is 15.5 Å². The first kappa shape index (κ1) is 15.8. The molecule has 1 heterocycles. The molecule has 0 bridgehead atoms. The van der Waals surface area contributed by atoms with E-state index in [1.54, 1.807) is 0 Å². The van der Waals surface area contributed by atoms with Crippen LogP contribution >= 0.6 is 23.1 Å². The molecule has 2 atom stereocenters. The minimum Gasteiger partial charge on any atom is -0.374 e. The predicted molar refractivity (Wildman–Crippen MR) is 87.3 cm³/mol. The van der Waals surface area contributed by atoms with Gasteiger partial charge in [-0.15, -0.1) is 10.2 Å². The number of hydrogen-bond acceptors (Lipinski definition) is 6. The van der Waals surface area contributed by atoms with Crippen LogP contribution in [0, 0.1) is 0 Å². The van der Waals surface area contributed by atoms with Gasteiger partial charge in [-0.1, -0.05) is 60.4 Å². The quantitative estimate of drug-likeness (QED) is 0.799. The number of nitrogens with zero attached hydrogens (tertiary/aromatic N) is 2. The van der Waals surface area contributed by atoms with Crippen molar-refractivity contribution in [2.45, 2.75) is 35.9 Å². The predicted octanol–water partition coefficient (Wildman–Crippen LogP) is 2.87. The minimum atomic E-state index is -0.191. The first-order valence-corrected chi connectivity index (χ1v) is 8.40. The number of benzene rings is 1. The number of carbonyl (C=O) groups excluding carboxylic acids is 1. The summed E-state index contributed by atoms with van der Waals surface area (Å²) in [6, 6.07) is 9.88. The van der Waals surface area contributed by atoms with Crippen LogP contribution < -0.4 is 11.1 Å². The molecular formula is C14H18N4OS2. The lowest BCUT2D eigenvalue weighted by atomic mass is 10.1. The van der Waals surface area contributed by atoms with E-state index in [9.17, 15) is 4.79 Å². The third-order valence-electron chi connectivity index (χ3n) is 2.99. The van der Waals surface area contributed by atoms with Gasteiger partial charge in [-0.05, 0) is 18.9 Å². The van der Waals surface area contributed by atoms with E-state index >= 15 is 0 Å².